The van der Waals surface area contributed by atoms with Gasteiger partial charge in [-0.05, 0) is 31.4 Å². The lowest BCUT2D eigenvalue weighted by molar-refractivity contribution is 0.949. The van der Waals surface area contributed by atoms with E-state index in [1.165, 1.54) is 12.8 Å². The largest absolute Gasteiger partial charge is 0.368 e. The Kier molecular flexibility index (Phi) is 2.20. The first-order valence-electron chi connectivity index (χ1n) is 5.68. The molecule has 0 atom stereocenters. The molecule has 1 aliphatic heterocycles. The molecular formula is C12H14N4. The molecule has 0 aromatic carbocycles. The third-order valence-corrected chi connectivity index (χ3v) is 3.15. The molecule has 0 radical (unpaired) electrons. The fourth-order valence-corrected chi connectivity index (χ4v) is 2.26. The molecule has 82 valence electrons. The summed E-state index contributed by atoms with van der Waals surface area (Å²) in [5.41, 5.74) is 4.17. The van der Waals surface area contributed by atoms with Crippen molar-refractivity contribution in [2.75, 3.05) is 18.0 Å². The summed E-state index contributed by atoms with van der Waals surface area (Å²) < 4.78 is 0. The molecule has 1 saturated heterocycles. The van der Waals surface area contributed by atoms with Gasteiger partial charge in [0.25, 0.3) is 0 Å². The molecular weight excluding hydrogens is 200 g/mol. The summed E-state index contributed by atoms with van der Waals surface area (Å²) in [6.45, 7) is 4.26. The summed E-state index contributed by atoms with van der Waals surface area (Å²) in [5, 5.41) is 8.26. The van der Waals surface area contributed by atoms with Crippen molar-refractivity contribution in [3.05, 3.63) is 24.0 Å². The molecule has 1 aliphatic rings. The second kappa shape index (κ2) is 3.70. The second-order valence-electron chi connectivity index (χ2n) is 4.25. The Labute approximate surface area is 94.3 Å². The van der Waals surface area contributed by atoms with E-state index in [0.717, 1.165) is 35.4 Å². The van der Waals surface area contributed by atoms with E-state index in [2.05, 4.69) is 20.1 Å². The first kappa shape index (κ1) is 9.51. The van der Waals surface area contributed by atoms with Crippen molar-refractivity contribution in [1.29, 1.82) is 0 Å². The van der Waals surface area contributed by atoms with Gasteiger partial charge in [0.15, 0.2) is 0 Å². The average molecular weight is 214 g/mol. The van der Waals surface area contributed by atoms with Gasteiger partial charge in [-0.3, -0.25) is 4.98 Å². The van der Waals surface area contributed by atoms with E-state index >= 15 is 0 Å². The van der Waals surface area contributed by atoms with Crippen LogP contribution >= 0.6 is 0 Å². The molecule has 0 N–H and O–H groups in total. The predicted molar refractivity (Wildman–Crippen MR) is 63.5 cm³/mol. The SMILES string of the molecule is Cc1ccnc2c(N3CCCC3)cnnc12. The van der Waals surface area contributed by atoms with Crippen molar-refractivity contribution in [2.24, 2.45) is 0 Å². The first-order valence-corrected chi connectivity index (χ1v) is 5.68. The lowest BCUT2D eigenvalue weighted by Gasteiger charge is -2.18. The van der Waals surface area contributed by atoms with Crippen molar-refractivity contribution < 1.29 is 0 Å². The van der Waals surface area contributed by atoms with E-state index in [1.807, 2.05) is 25.4 Å². The van der Waals surface area contributed by atoms with Crippen molar-refractivity contribution in [2.45, 2.75) is 19.8 Å². The average Bonchev–Trinajstić information content (AvgIpc) is 2.82. The van der Waals surface area contributed by atoms with Gasteiger partial charge >= 0.3 is 0 Å². The molecule has 3 heterocycles. The monoisotopic (exact) mass is 214 g/mol. The van der Waals surface area contributed by atoms with E-state index in [9.17, 15) is 0 Å². The summed E-state index contributed by atoms with van der Waals surface area (Å²) in [7, 11) is 0. The van der Waals surface area contributed by atoms with Gasteiger partial charge in [0, 0.05) is 19.3 Å². The highest BCUT2D eigenvalue weighted by Crippen LogP contribution is 2.26. The van der Waals surface area contributed by atoms with Gasteiger partial charge in [-0.1, -0.05) is 0 Å². The van der Waals surface area contributed by atoms with Crippen molar-refractivity contribution in [3.63, 3.8) is 0 Å². The lowest BCUT2D eigenvalue weighted by atomic mass is 10.2. The number of hydrogen-bond acceptors (Lipinski definition) is 4. The zero-order valence-electron chi connectivity index (χ0n) is 9.35. The van der Waals surface area contributed by atoms with Crippen molar-refractivity contribution >= 4 is 16.7 Å². The van der Waals surface area contributed by atoms with Gasteiger partial charge < -0.3 is 4.90 Å². The molecule has 2 aromatic rings. The van der Waals surface area contributed by atoms with Crippen LogP contribution in [0.4, 0.5) is 5.69 Å². The van der Waals surface area contributed by atoms with Crippen LogP contribution in [0.15, 0.2) is 18.5 Å². The fraction of sp³-hybridized carbons (Fsp3) is 0.417. The lowest BCUT2D eigenvalue weighted by Crippen LogP contribution is -2.18. The molecule has 0 aliphatic carbocycles. The summed E-state index contributed by atoms with van der Waals surface area (Å²) in [5.74, 6) is 0. The molecule has 16 heavy (non-hydrogen) atoms. The molecule has 0 saturated carbocycles. The van der Waals surface area contributed by atoms with Crippen LogP contribution in [0, 0.1) is 6.92 Å². The van der Waals surface area contributed by atoms with Crippen LogP contribution in [0.3, 0.4) is 0 Å². The van der Waals surface area contributed by atoms with Crippen molar-refractivity contribution in [3.8, 4) is 0 Å². The summed E-state index contributed by atoms with van der Waals surface area (Å²) in [6, 6.07) is 1.98. The van der Waals surface area contributed by atoms with Gasteiger partial charge in [0.05, 0.1) is 11.9 Å². The zero-order valence-corrected chi connectivity index (χ0v) is 9.35. The minimum Gasteiger partial charge on any atom is -0.368 e. The Morgan fingerprint density at radius 1 is 1.19 bits per heavy atom. The van der Waals surface area contributed by atoms with Gasteiger partial charge in [0.2, 0.25) is 0 Å². The molecule has 3 rings (SSSR count). The molecule has 0 unspecified atom stereocenters. The van der Waals surface area contributed by atoms with E-state index in [0.29, 0.717) is 0 Å². The molecule has 4 nitrogen and oxygen atoms in total. The Hall–Kier alpha value is -1.71. The quantitative estimate of drug-likeness (QED) is 0.727. The summed E-state index contributed by atoms with van der Waals surface area (Å²) in [6.07, 6.45) is 6.20. The van der Waals surface area contributed by atoms with Crippen LogP contribution in [-0.2, 0) is 0 Å². The highest BCUT2D eigenvalue weighted by atomic mass is 15.2. The molecule has 1 fully saturated rings. The highest BCUT2D eigenvalue weighted by molar-refractivity contribution is 5.88. The minimum atomic E-state index is 0.923. The molecule has 0 spiro atoms. The maximum Gasteiger partial charge on any atom is 0.116 e. The van der Waals surface area contributed by atoms with Crippen LogP contribution in [0.25, 0.3) is 11.0 Å². The summed E-state index contributed by atoms with van der Waals surface area (Å²) in [4.78, 5) is 6.79. The van der Waals surface area contributed by atoms with Gasteiger partial charge in [-0.15, -0.1) is 5.10 Å². The maximum atomic E-state index is 4.44. The van der Waals surface area contributed by atoms with E-state index in [4.69, 9.17) is 0 Å². The maximum absolute atomic E-state index is 4.44. The van der Waals surface area contributed by atoms with Crippen molar-refractivity contribution in [1.82, 2.24) is 15.2 Å². The smallest absolute Gasteiger partial charge is 0.116 e. The van der Waals surface area contributed by atoms with E-state index in [-0.39, 0.29) is 0 Å². The number of aromatic nitrogens is 3. The molecule has 4 heteroatoms. The van der Waals surface area contributed by atoms with Crippen LogP contribution in [0.1, 0.15) is 18.4 Å². The first-order chi connectivity index (χ1) is 7.86. The number of pyridine rings is 1. The zero-order chi connectivity index (χ0) is 11.0. The Morgan fingerprint density at radius 2 is 2.00 bits per heavy atom. The Morgan fingerprint density at radius 3 is 2.81 bits per heavy atom. The number of anilines is 1. The van der Waals surface area contributed by atoms with Crippen LogP contribution in [0.5, 0.6) is 0 Å². The number of nitrogens with zero attached hydrogens (tertiary/aromatic N) is 4. The predicted octanol–water partition coefficient (Wildman–Crippen LogP) is 1.93. The molecule has 0 amide bonds. The van der Waals surface area contributed by atoms with Gasteiger partial charge in [-0.2, -0.15) is 5.10 Å². The minimum absolute atomic E-state index is 0.923. The Balaban J connectivity index is 2.20. The fourth-order valence-electron chi connectivity index (χ4n) is 2.26. The van der Waals surface area contributed by atoms with Gasteiger partial charge in [-0.25, -0.2) is 0 Å². The van der Waals surface area contributed by atoms with Crippen LogP contribution in [0.2, 0.25) is 0 Å². The highest BCUT2D eigenvalue weighted by Gasteiger charge is 2.16. The van der Waals surface area contributed by atoms with Gasteiger partial charge in [0.1, 0.15) is 11.0 Å². The second-order valence-corrected chi connectivity index (χ2v) is 4.25. The third kappa shape index (κ3) is 1.41. The summed E-state index contributed by atoms with van der Waals surface area (Å²) >= 11 is 0. The third-order valence-electron chi connectivity index (χ3n) is 3.15. The standard InChI is InChI=1S/C12H14N4/c1-9-4-5-13-12-10(8-14-15-11(9)12)16-6-2-3-7-16/h4-5,8H,2-3,6-7H2,1H3. The topological polar surface area (TPSA) is 41.9 Å². The van der Waals surface area contributed by atoms with E-state index < -0.39 is 0 Å². The molecule has 0 bridgehead atoms. The van der Waals surface area contributed by atoms with E-state index in [1.54, 1.807) is 0 Å². The number of rotatable bonds is 1. The van der Waals surface area contributed by atoms with Crippen LogP contribution in [-0.4, -0.2) is 28.3 Å². The Bertz CT molecular complexity index is 517. The number of aryl methyl sites for hydroxylation is 1. The normalized spacial score (nSPS) is 15.9. The number of hydrogen-bond donors (Lipinski definition) is 0. The van der Waals surface area contributed by atoms with Crippen LogP contribution < -0.4 is 4.90 Å². The molecule has 2 aromatic heterocycles. The number of fused-ring (bicyclic) bond motifs is 1.